The van der Waals surface area contributed by atoms with Crippen molar-refractivity contribution in [2.75, 3.05) is 20.3 Å². The van der Waals surface area contributed by atoms with Gasteiger partial charge in [0, 0.05) is 17.8 Å². The molecule has 26 heavy (non-hydrogen) atoms. The SMILES string of the molecule is CCCN1C(=S)NC(c2cc(Cl)c(OC)c(OCC)c2)C(C(C)=O)=C1C. The van der Waals surface area contributed by atoms with E-state index in [0.717, 1.165) is 24.2 Å². The number of Topliss-reactive ketones (excluding diaryl/α,β-unsaturated/α-hetero) is 1. The molecule has 0 radical (unpaired) electrons. The first-order valence-corrected chi connectivity index (χ1v) is 9.44. The highest BCUT2D eigenvalue weighted by Gasteiger charge is 2.32. The maximum Gasteiger partial charge on any atom is 0.179 e. The lowest BCUT2D eigenvalue weighted by molar-refractivity contribution is -0.114. The Morgan fingerprint density at radius 2 is 2.08 bits per heavy atom. The Morgan fingerprint density at radius 1 is 1.38 bits per heavy atom. The van der Waals surface area contributed by atoms with Crippen molar-refractivity contribution in [1.82, 2.24) is 10.2 Å². The largest absolute Gasteiger partial charge is 0.491 e. The monoisotopic (exact) mass is 396 g/mol. The van der Waals surface area contributed by atoms with Gasteiger partial charge in [0.1, 0.15) is 0 Å². The van der Waals surface area contributed by atoms with Crippen molar-refractivity contribution in [3.63, 3.8) is 0 Å². The Morgan fingerprint density at radius 3 is 2.62 bits per heavy atom. The van der Waals surface area contributed by atoms with Crippen LogP contribution in [0.15, 0.2) is 23.4 Å². The molecule has 1 N–H and O–H groups in total. The van der Waals surface area contributed by atoms with E-state index in [1.807, 2.05) is 24.8 Å². The van der Waals surface area contributed by atoms with E-state index in [2.05, 4.69) is 12.2 Å². The van der Waals surface area contributed by atoms with Crippen LogP contribution in [0.2, 0.25) is 5.02 Å². The zero-order valence-corrected chi connectivity index (χ0v) is 17.4. The molecule has 1 unspecified atom stereocenters. The molecule has 1 atom stereocenters. The fraction of sp³-hybridized carbons (Fsp3) is 0.474. The van der Waals surface area contributed by atoms with Crippen LogP contribution in [0.25, 0.3) is 0 Å². The van der Waals surface area contributed by atoms with Gasteiger partial charge in [-0.25, -0.2) is 0 Å². The van der Waals surface area contributed by atoms with Crippen molar-refractivity contribution in [3.8, 4) is 11.5 Å². The number of nitrogens with zero attached hydrogens (tertiary/aromatic N) is 1. The number of hydrogen-bond acceptors (Lipinski definition) is 4. The van der Waals surface area contributed by atoms with Crippen molar-refractivity contribution in [1.29, 1.82) is 0 Å². The van der Waals surface area contributed by atoms with Gasteiger partial charge in [0.25, 0.3) is 0 Å². The number of allylic oxidation sites excluding steroid dienone is 1. The lowest BCUT2D eigenvalue weighted by Gasteiger charge is -2.37. The van der Waals surface area contributed by atoms with E-state index < -0.39 is 0 Å². The maximum absolute atomic E-state index is 12.4. The highest BCUT2D eigenvalue weighted by atomic mass is 35.5. The molecule has 1 aromatic carbocycles. The molecule has 1 heterocycles. The fourth-order valence-electron chi connectivity index (χ4n) is 3.20. The van der Waals surface area contributed by atoms with Crippen LogP contribution >= 0.6 is 23.8 Å². The number of carbonyl (C=O) groups is 1. The molecule has 5 nitrogen and oxygen atoms in total. The van der Waals surface area contributed by atoms with E-state index in [-0.39, 0.29) is 11.8 Å². The second kappa shape index (κ2) is 8.73. The third-order valence-electron chi connectivity index (χ3n) is 4.29. The van der Waals surface area contributed by atoms with Gasteiger partial charge in [0.15, 0.2) is 22.4 Å². The summed E-state index contributed by atoms with van der Waals surface area (Å²) in [7, 11) is 1.55. The average Bonchev–Trinajstić information content (AvgIpc) is 2.57. The van der Waals surface area contributed by atoms with Gasteiger partial charge in [0.2, 0.25) is 0 Å². The van der Waals surface area contributed by atoms with Crippen LogP contribution in [0.3, 0.4) is 0 Å². The number of ketones is 1. The highest BCUT2D eigenvalue weighted by Crippen LogP contribution is 2.40. The zero-order chi connectivity index (χ0) is 19.4. The summed E-state index contributed by atoms with van der Waals surface area (Å²) >= 11 is 11.9. The molecule has 1 aromatic rings. The normalized spacial score (nSPS) is 17.2. The molecule has 7 heteroatoms. The van der Waals surface area contributed by atoms with Gasteiger partial charge in [-0.2, -0.15) is 0 Å². The summed E-state index contributed by atoms with van der Waals surface area (Å²) in [4.78, 5) is 14.4. The first kappa shape index (κ1) is 20.5. The molecule has 1 aliphatic rings. The second-order valence-corrected chi connectivity index (χ2v) is 6.85. The summed E-state index contributed by atoms with van der Waals surface area (Å²) in [6.07, 6.45) is 0.928. The summed E-state index contributed by atoms with van der Waals surface area (Å²) in [6, 6.07) is 3.26. The molecule has 0 aromatic heterocycles. The van der Waals surface area contributed by atoms with Gasteiger partial charge in [-0.15, -0.1) is 0 Å². The molecular weight excluding hydrogens is 372 g/mol. The first-order chi connectivity index (χ1) is 12.3. The molecular formula is C19H25ClN2O3S. The summed E-state index contributed by atoms with van der Waals surface area (Å²) < 4.78 is 11.0. The molecule has 0 fully saturated rings. The number of halogens is 1. The van der Waals surface area contributed by atoms with Gasteiger partial charge in [-0.3, -0.25) is 4.79 Å². The first-order valence-electron chi connectivity index (χ1n) is 8.65. The second-order valence-electron chi connectivity index (χ2n) is 6.06. The van der Waals surface area contributed by atoms with Crippen LogP contribution < -0.4 is 14.8 Å². The Bertz CT molecular complexity index is 749. The number of carbonyl (C=O) groups excluding carboxylic acids is 1. The van der Waals surface area contributed by atoms with Crippen LogP contribution in [0.1, 0.15) is 45.7 Å². The molecule has 0 aliphatic carbocycles. The third kappa shape index (κ3) is 3.96. The average molecular weight is 397 g/mol. The molecule has 1 aliphatic heterocycles. The van der Waals surface area contributed by atoms with Crippen molar-refractivity contribution in [2.45, 2.75) is 40.2 Å². The van der Waals surface area contributed by atoms with E-state index in [1.54, 1.807) is 20.1 Å². The van der Waals surface area contributed by atoms with Gasteiger partial charge in [-0.05, 0) is 57.1 Å². The van der Waals surface area contributed by atoms with Crippen LogP contribution in [0.4, 0.5) is 0 Å². The summed E-state index contributed by atoms with van der Waals surface area (Å²) in [5, 5.41) is 4.32. The standard InChI is InChI=1S/C19H25ClN2O3S/c1-6-8-22-11(3)16(12(4)23)17(21-19(22)26)13-9-14(20)18(24-5)15(10-13)25-7-2/h9-10,17H,6-8H2,1-5H3,(H,21,26). The predicted octanol–water partition coefficient (Wildman–Crippen LogP) is 4.25. The van der Waals surface area contributed by atoms with Gasteiger partial charge >= 0.3 is 0 Å². The van der Waals surface area contributed by atoms with E-state index in [4.69, 9.17) is 33.3 Å². The van der Waals surface area contributed by atoms with E-state index in [0.29, 0.717) is 33.8 Å². The summed E-state index contributed by atoms with van der Waals surface area (Å²) in [5.74, 6) is 1.02. The molecule has 0 saturated carbocycles. The number of methoxy groups -OCH3 is 1. The lowest BCUT2D eigenvalue weighted by Crippen LogP contribution is -2.47. The quantitative estimate of drug-likeness (QED) is 0.695. The van der Waals surface area contributed by atoms with Crippen molar-refractivity contribution < 1.29 is 14.3 Å². The summed E-state index contributed by atoms with van der Waals surface area (Å²) in [6.45, 7) is 8.70. The Balaban J connectivity index is 2.59. The van der Waals surface area contributed by atoms with Crippen LogP contribution in [-0.4, -0.2) is 36.1 Å². The Kier molecular flexibility index (Phi) is 6.89. The number of benzene rings is 1. The molecule has 0 amide bonds. The lowest BCUT2D eigenvalue weighted by atomic mass is 9.92. The van der Waals surface area contributed by atoms with Crippen molar-refractivity contribution in [3.05, 3.63) is 34.0 Å². The number of hydrogen-bond donors (Lipinski definition) is 1. The summed E-state index contributed by atoms with van der Waals surface area (Å²) in [5.41, 5.74) is 2.36. The Hall–Kier alpha value is -1.79. The van der Waals surface area contributed by atoms with Crippen molar-refractivity contribution in [2.24, 2.45) is 0 Å². The Labute approximate surface area is 165 Å². The molecule has 2 rings (SSSR count). The van der Waals surface area contributed by atoms with E-state index >= 15 is 0 Å². The molecule has 0 saturated heterocycles. The van der Waals surface area contributed by atoms with E-state index in [9.17, 15) is 4.79 Å². The smallest absolute Gasteiger partial charge is 0.179 e. The van der Waals surface area contributed by atoms with Gasteiger partial charge in [-0.1, -0.05) is 18.5 Å². The minimum atomic E-state index is -0.379. The van der Waals surface area contributed by atoms with Crippen LogP contribution in [-0.2, 0) is 4.79 Å². The number of ether oxygens (including phenoxy) is 2. The predicted molar refractivity (Wildman–Crippen MR) is 108 cm³/mol. The fourth-order valence-corrected chi connectivity index (χ4v) is 3.84. The number of rotatable bonds is 7. The van der Waals surface area contributed by atoms with Crippen LogP contribution in [0, 0.1) is 0 Å². The highest BCUT2D eigenvalue weighted by molar-refractivity contribution is 7.80. The third-order valence-corrected chi connectivity index (χ3v) is 4.91. The molecule has 142 valence electrons. The molecule has 0 bridgehead atoms. The van der Waals surface area contributed by atoms with Crippen molar-refractivity contribution >= 4 is 34.7 Å². The van der Waals surface area contributed by atoms with Gasteiger partial charge in [0.05, 0.1) is 24.8 Å². The van der Waals surface area contributed by atoms with Gasteiger partial charge < -0.3 is 19.7 Å². The number of thiocarbonyl (C=S) groups is 1. The minimum Gasteiger partial charge on any atom is -0.491 e. The minimum absolute atomic E-state index is 0.00602. The molecule has 0 spiro atoms. The maximum atomic E-state index is 12.4. The topological polar surface area (TPSA) is 50.8 Å². The van der Waals surface area contributed by atoms with Crippen LogP contribution in [0.5, 0.6) is 11.5 Å². The number of nitrogens with one attached hydrogen (secondary N) is 1. The van der Waals surface area contributed by atoms with E-state index in [1.165, 1.54) is 0 Å². The zero-order valence-electron chi connectivity index (χ0n) is 15.8.